The lowest BCUT2D eigenvalue weighted by molar-refractivity contribution is 0.144. The van der Waals surface area contributed by atoms with Gasteiger partial charge in [0.05, 0.1) is 12.2 Å². The fourth-order valence-corrected chi connectivity index (χ4v) is 2.03. The zero-order valence-electron chi connectivity index (χ0n) is 11.7. The third-order valence-electron chi connectivity index (χ3n) is 3.36. The molecular weight excluding hydrogens is 273 g/mol. The lowest BCUT2D eigenvalue weighted by atomic mass is 10.1. The quantitative estimate of drug-likeness (QED) is 0.930. The van der Waals surface area contributed by atoms with E-state index in [2.05, 4.69) is 5.10 Å². The maximum atomic E-state index is 13.6. The number of nitrogens with zero attached hydrogens (tertiary/aromatic N) is 3. The van der Waals surface area contributed by atoms with Crippen LogP contribution in [0.1, 0.15) is 28.5 Å². The first-order valence-electron chi connectivity index (χ1n) is 6.36. The minimum Gasteiger partial charge on any atom is -0.386 e. The summed E-state index contributed by atoms with van der Waals surface area (Å²) in [6.07, 6.45) is -1.22. The van der Waals surface area contributed by atoms with Crippen LogP contribution in [-0.4, -0.2) is 14.9 Å². The summed E-state index contributed by atoms with van der Waals surface area (Å²) in [5.74, 6) is -0.553. The van der Waals surface area contributed by atoms with Crippen molar-refractivity contribution in [3.8, 4) is 6.07 Å². The zero-order chi connectivity index (χ0) is 15.6. The highest BCUT2D eigenvalue weighted by Gasteiger charge is 2.17. The summed E-state index contributed by atoms with van der Waals surface area (Å²) in [5, 5.41) is 23.2. The Balaban J connectivity index is 2.42. The maximum Gasteiger partial charge on any atom is 0.285 e. The van der Waals surface area contributed by atoms with Crippen LogP contribution in [0.3, 0.4) is 0 Å². The van der Waals surface area contributed by atoms with Gasteiger partial charge in [0, 0.05) is 5.56 Å². The van der Waals surface area contributed by atoms with E-state index in [0.29, 0.717) is 11.3 Å². The van der Waals surface area contributed by atoms with Gasteiger partial charge >= 0.3 is 0 Å². The second-order valence-corrected chi connectivity index (χ2v) is 4.72. The van der Waals surface area contributed by atoms with Crippen LogP contribution >= 0.6 is 0 Å². The number of rotatable bonds is 3. The molecule has 0 radical (unpaired) electrons. The Morgan fingerprint density at radius 3 is 2.71 bits per heavy atom. The summed E-state index contributed by atoms with van der Waals surface area (Å²) in [6.45, 7) is 3.09. The molecule has 0 amide bonds. The number of hydrogen-bond donors (Lipinski definition) is 1. The topological polar surface area (TPSA) is 78.9 Å². The lowest BCUT2D eigenvalue weighted by Gasteiger charge is -2.14. The summed E-state index contributed by atoms with van der Waals surface area (Å²) in [4.78, 5) is 12.1. The molecule has 5 nitrogen and oxygen atoms in total. The highest BCUT2D eigenvalue weighted by Crippen LogP contribution is 2.18. The van der Waals surface area contributed by atoms with Gasteiger partial charge in [-0.05, 0) is 25.5 Å². The van der Waals surface area contributed by atoms with Crippen LogP contribution in [0.2, 0.25) is 0 Å². The number of benzene rings is 1. The molecule has 0 fully saturated rings. The van der Waals surface area contributed by atoms with E-state index in [-0.39, 0.29) is 17.7 Å². The van der Waals surface area contributed by atoms with Crippen LogP contribution in [0.4, 0.5) is 4.39 Å². The van der Waals surface area contributed by atoms with Gasteiger partial charge in [0.15, 0.2) is 0 Å². The first-order valence-corrected chi connectivity index (χ1v) is 6.36. The number of aryl methyl sites for hydroxylation is 1. The zero-order valence-corrected chi connectivity index (χ0v) is 11.7. The normalized spacial score (nSPS) is 12.0. The Kier molecular flexibility index (Phi) is 4.15. The molecule has 1 heterocycles. The van der Waals surface area contributed by atoms with Crippen LogP contribution in [0.5, 0.6) is 0 Å². The van der Waals surface area contributed by atoms with Gasteiger partial charge in [0.25, 0.3) is 5.56 Å². The summed E-state index contributed by atoms with van der Waals surface area (Å²) < 4.78 is 14.6. The van der Waals surface area contributed by atoms with Crippen molar-refractivity contribution in [1.82, 2.24) is 9.78 Å². The van der Waals surface area contributed by atoms with Gasteiger partial charge in [0.1, 0.15) is 23.6 Å². The van der Waals surface area contributed by atoms with Crippen LogP contribution in [-0.2, 0) is 6.54 Å². The Bertz CT molecular complexity index is 777. The standard InChI is InChI=1S/C15H14FN3O2/c1-9-10(2)18-19(15(21)12(9)7-17)8-14(20)11-5-3-4-6-13(11)16/h3-6,14,20H,8H2,1-2H3/t14-/m0/s1. The summed E-state index contributed by atoms with van der Waals surface area (Å²) in [6, 6.07) is 7.62. The van der Waals surface area contributed by atoms with Crippen molar-refractivity contribution >= 4 is 0 Å². The average Bonchev–Trinajstić information content (AvgIpc) is 2.45. The van der Waals surface area contributed by atoms with Gasteiger partial charge < -0.3 is 5.11 Å². The Labute approximate surface area is 120 Å². The molecule has 21 heavy (non-hydrogen) atoms. The van der Waals surface area contributed by atoms with E-state index < -0.39 is 17.5 Å². The van der Waals surface area contributed by atoms with Gasteiger partial charge in [-0.1, -0.05) is 18.2 Å². The van der Waals surface area contributed by atoms with Crippen LogP contribution in [0, 0.1) is 31.0 Å². The van der Waals surface area contributed by atoms with Crippen LogP contribution < -0.4 is 5.56 Å². The van der Waals surface area contributed by atoms with Crippen molar-refractivity contribution in [2.75, 3.05) is 0 Å². The highest BCUT2D eigenvalue weighted by molar-refractivity contribution is 5.36. The van der Waals surface area contributed by atoms with E-state index in [9.17, 15) is 14.3 Å². The Hall–Kier alpha value is -2.52. The molecule has 0 aliphatic heterocycles. The van der Waals surface area contributed by atoms with E-state index >= 15 is 0 Å². The summed E-state index contributed by atoms with van der Waals surface area (Å²) in [7, 11) is 0. The first kappa shape index (κ1) is 14.9. The van der Waals surface area contributed by atoms with Crippen molar-refractivity contribution in [1.29, 1.82) is 5.26 Å². The molecule has 108 valence electrons. The molecule has 0 aliphatic carbocycles. The monoisotopic (exact) mass is 287 g/mol. The molecule has 0 spiro atoms. The smallest absolute Gasteiger partial charge is 0.285 e. The van der Waals surface area contributed by atoms with E-state index in [0.717, 1.165) is 4.68 Å². The highest BCUT2D eigenvalue weighted by atomic mass is 19.1. The molecule has 1 atom stereocenters. The van der Waals surface area contributed by atoms with E-state index in [4.69, 9.17) is 5.26 Å². The lowest BCUT2D eigenvalue weighted by Crippen LogP contribution is -2.29. The number of nitriles is 1. The van der Waals surface area contributed by atoms with E-state index in [1.807, 2.05) is 6.07 Å². The molecule has 1 aromatic carbocycles. The largest absolute Gasteiger partial charge is 0.386 e. The number of aromatic nitrogens is 2. The van der Waals surface area contributed by atoms with Gasteiger partial charge in [0.2, 0.25) is 0 Å². The molecule has 0 saturated heterocycles. The predicted octanol–water partition coefficient (Wildman–Crippen LogP) is 1.60. The van der Waals surface area contributed by atoms with Gasteiger partial charge in [-0.3, -0.25) is 4.79 Å². The van der Waals surface area contributed by atoms with Crippen LogP contribution in [0.15, 0.2) is 29.1 Å². The van der Waals surface area contributed by atoms with Crippen molar-refractivity contribution in [2.45, 2.75) is 26.5 Å². The molecule has 1 N–H and O–H groups in total. The molecule has 0 aliphatic rings. The van der Waals surface area contributed by atoms with Crippen molar-refractivity contribution in [3.05, 3.63) is 62.8 Å². The van der Waals surface area contributed by atoms with Gasteiger partial charge in [-0.15, -0.1) is 0 Å². The SMILES string of the molecule is Cc1nn(C[C@H](O)c2ccccc2F)c(=O)c(C#N)c1C. The molecule has 0 bridgehead atoms. The predicted molar refractivity (Wildman–Crippen MR) is 74.0 cm³/mol. The number of aliphatic hydroxyl groups is 1. The third kappa shape index (κ3) is 2.83. The summed E-state index contributed by atoms with van der Waals surface area (Å²) >= 11 is 0. The Morgan fingerprint density at radius 2 is 2.10 bits per heavy atom. The second kappa shape index (κ2) is 5.85. The Morgan fingerprint density at radius 1 is 1.43 bits per heavy atom. The molecule has 0 unspecified atom stereocenters. The molecular formula is C15H14FN3O2. The fourth-order valence-electron chi connectivity index (χ4n) is 2.03. The number of halogens is 1. The minimum atomic E-state index is -1.22. The summed E-state index contributed by atoms with van der Waals surface area (Å²) in [5.41, 5.74) is 0.521. The van der Waals surface area contributed by atoms with Crippen molar-refractivity contribution in [3.63, 3.8) is 0 Å². The van der Waals surface area contributed by atoms with Crippen molar-refractivity contribution < 1.29 is 9.50 Å². The van der Waals surface area contributed by atoms with Crippen molar-refractivity contribution in [2.24, 2.45) is 0 Å². The fraction of sp³-hybridized carbons (Fsp3) is 0.267. The number of hydrogen-bond acceptors (Lipinski definition) is 4. The second-order valence-electron chi connectivity index (χ2n) is 4.72. The van der Waals surface area contributed by atoms with E-state index in [1.54, 1.807) is 19.9 Å². The first-order chi connectivity index (χ1) is 9.95. The maximum absolute atomic E-state index is 13.6. The minimum absolute atomic E-state index is 0.0109. The molecule has 2 rings (SSSR count). The molecule has 0 saturated carbocycles. The molecule has 1 aromatic heterocycles. The van der Waals surface area contributed by atoms with Gasteiger partial charge in [-0.25, -0.2) is 9.07 Å². The average molecular weight is 287 g/mol. The third-order valence-corrected chi connectivity index (χ3v) is 3.36. The molecule has 6 heteroatoms. The van der Waals surface area contributed by atoms with Crippen LogP contribution in [0.25, 0.3) is 0 Å². The van der Waals surface area contributed by atoms with Gasteiger partial charge in [-0.2, -0.15) is 10.4 Å². The number of aliphatic hydroxyl groups excluding tert-OH is 1. The molecule has 2 aromatic rings. The van der Waals surface area contributed by atoms with E-state index in [1.165, 1.54) is 18.2 Å².